The lowest BCUT2D eigenvalue weighted by Gasteiger charge is -2.09. The van der Waals surface area contributed by atoms with Gasteiger partial charge in [-0.1, -0.05) is 0 Å². The third kappa shape index (κ3) is 3.77. The van der Waals surface area contributed by atoms with Gasteiger partial charge in [0.15, 0.2) is 0 Å². The molecule has 2 rings (SSSR count). The monoisotopic (exact) mass is 293 g/mol. The SMILES string of the molecule is CCOC(=O)c1cnc(Cc2ccncc2)nc1C(F)F. The lowest BCUT2D eigenvalue weighted by molar-refractivity contribution is 0.0512. The van der Waals surface area contributed by atoms with Crippen molar-refractivity contribution >= 4 is 5.97 Å². The van der Waals surface area contributed by atoms with Crippen LogP contribution in [0.25, 0.3) is 0 Å². The second-order valence-corrected chi connectivity index (χ2v) is 4.14. The molecule has 0 aliphatic heterocycles. The van der Waals surface area contributed by atoms with Gasteiger partial charge in [0.25, 0.3) is 6.43 Å². The lowest BCUT2D eigenvalue weighted by Crippen LogP contribution is -2.13. The molecule has 0 unspecified atom stereocenters. The summed E-state index contributed by atoms with van der Waals surface area (Å²) in [6, 6.07) is 3.48. The van der Waals surface area contributed by atoms with Crippen LogP contribution in [-0.2, 0) is 11.2 Å². The topological polar surface area (TPSA) is 65.0 Å². The summed E-state index contributed by atoms with van der Waals surface area (Å²) in [6.45, 7) is 1.69. The Hall–Kier alpha value is -2.44. The lowest BCUT2D eigenvalue weighted by atomic mass is 10.1. The Labute approximate surface area is 120 Å². The Balaban J connectivity index is 2.30. The second kappa shape index (κ2) is 6.83. The Bertz CT molecular complexity index is 621. The molecule has 0 aliphatic carbocycles. The predicted octanol–water partition coefficient (Wildman–Crippen LogP) is 2.58. The van der Waals surface area contributed by atoms with Crippen molar-refractivity contribution in [3.63, 3.8) is 0 Å². The molecular weight excluding hydrogens is 280 g/mol. The summed E-state index contributed by atoms with van der Waals surface area (Å²) in [4.78, 5) is 23.2. The predicted molar refractivity (Wildman–Crippen MR) is 70.0 cm³/mol. The molecule has 2 heterocycles. The molecule has 0 N–H and O–H groups in total. The van der Waals surface area contributed by atoms with E-state index in [1.807, 2.05) is 0 Å². The van der Waals surface area contributed by atoms with Crippen molar-refractivity contribution in [3.8, 4) is 0 Å². The first kappa shape index (κ1) is 15.0. The maximum atomic E-state index is 13.0. The van der Waals surface area contributed by atoms with Gasteiger partial charge >= 0.3 is 5.97 Å². The Morgan fingerprint density at radius 2 is 2.05 bits per heavy atom. The standard InChI is InChI=1S/C14H13F2N3O2/c1-2-21-14(20)10-8-18-11(19-12(10)13(15)16)7-9-3-5-17-6-4-9/h3-6,8,13H,2,7H2,1H3. The van der Waals surface area contributed by atoms with Gasteiger partial charge in [-0.15, -0.1) is 0 Å². The number of pyridine rings is 1. The van der Waals surface area contributed by atoms with E-state index in [2.05, 4.69) is 15.0 Å². The van der Waals surface area contributed by atoms with Crippen LogP contribution in [0.1, 0.15) is 40.8 Å². The fourth-order valence-corrected chi connectivity index (χ4v) is 1.73. The van der Waals surface area contributed by atoms with Crippen molar-refractivity contribution in [2.24, 2.45) is 0 Å². The molecule has 7 heteroatoms. The number of carbonyl (C=O) groups is 1. The van der Waals surface area contributed by atoms with Gasteiger partial charge in [0, 0.05) is 25.0 Å². The van der Waals surface area contributed by atoms with Crippen molar-refractivity contribution in [1.82, 2.24) is 15.0 Å². The van der Waals surface area contributed by atoms with Crippen LogP contribution in [0.15, 0.2) is 30.7 Å². The van der Waals surface area contributed by atoms with E-state index in [-0.39, 0.29) is 24.4 Å². The average molecular weight is 293 g/mol. The molecule has 21 heavy (non-hydrogen) atoms. The van der Waals surface area contributed by atoms with Gasteiger partial charge in [-0.2, -0.15) is 0 Å². The number of nitrogens with zero attached hydrogens (tertiary/aromatic N) is 3. The molecule has 0 atom stereocenters. The van der Waals surface area contributed by atoms with Gasteiger partial charge in [0.2, 0.25) is 0 Å². The third-order valence-electron chi connectivity index (χ3n) is 2.68. The summed E-state index contributed by atoms with van der Waals surface area (Å²) in [7, 11) is 0. The molecule has 0 saturated carbocycles. The third-order valence-corrected chi connectivity index (χ3v) is 2.68. The van der Waals surface area contributed by atoms with E-state index in [4.69, 9.17) is 4.74 Å². The van der Waals surface area contributed by atoms with Crippen LogP contribution < -0.4 is 0 Å². The van der Waals surface area contributed by atoms with E-state index >= 15 is 0 Å². The molecule has 0 radical (unpaired) electrons. The number of hydrogen-bond acceptors (Lipinski definition) is 5. The van der Waals surface area contributed by atoms with Gasteiger partial charge in [-0.25, -0.2) is 23.5 Å². The maximum Gasteiger partial charge on any atom is 0.341 e. The first-order valence-corrected chi connectivity index (χ1v) is 6.31. The summed E-state index contributed by atoms with van der Waals surface area (Å²) < 4.78 is 30.8. The highest BCUT2D eigenvalue weighted by molar-refractivity contribution is 5.90. The van der Waals surface area contributed by atoms with Crippen LogP contribution in [0.4, 0.5) is 8.78 Å². The fourth-order valence-electron chi connectivity index (χ4n) is 1.73. The normalized spacial score (nSPS) is 10.7. The highest BCUT2D eigenvalue weighted by atomic mass is 19.3. The zero-order valence-electron chi connectivity index (χ0n) is 11.3. The Kier molecular flexibility index (Phi) is 4.86. The smallest absolute Gasteiger partial charge is 0.341 e. The molecule has 2 aromatic heterocycles. The number of carbonyl (C=O) groups excluding carboxylic acids is 1. The molecule has 0 saturated heterocycles. The number of hydrogen-bond donors (Lipinski definition) is 0. The second-order valence-electron chi connectivity index (χ2n) is 4.14. The number of ether oxygens (including phenoxy) is 1. The summed E-state index contributed by atoms with van der Waals surface area (Å²) in [5, 5.41) is 0. The van der Waals surface area contributed by atoms with Crippen LogP contribution in [0.2, 0.25) is 0 Å². The molecule has 0 fully saturated rings. The highest BCUT2D eigenvalue weighted by Crippen LogP contribution is 2.21. The zero-order chi connectivity index (χ0) is 15.2. The minimum absolute atomic E-state index is 0.0975. The van der Waals surface area contributed by atoms with Crippen molar-refractivity contribution in [3.05, 3.63) is 53.4 Å². The van der Waals surface area contributed by atoms with Crippen molar-refractivity contribution in [1.29, 1.82) is 0 Å². The van der Waals surface area contributed by atoms with E-state index in [1.165, 1.54) is 0 Å². The van der Waals surface area contributed by atoms with Crippen LogP contribution in [0.5, 0.6) is 0 Å². The Morgan fingerprint density at radius 1 is 1.33 bits per heavy atom. The van der Waals surface area contributed by atoms with Crippen LogP contribution in [-0.4, -0.2) is 27.5 Å². The van der Waals surface area contributed by atoms with Gasteiger partial charge in [0.1, 0.15) is 17.1 Å². The molecule has 0 aliphatic rings. The van der Waals surface area contributed by atoms with E-state index in [9.17, 15) is 13.6 Å². The zero-order valence-corrected chi connectivity index (χ0v) is 11.3. The molecule has 2 aromatic rings. The minimum atomic E-state index is -2.87. The van der Waals surface area contributed by atoms with E-state index in [1.54, 1.807) is 31.5 Å². The minimum Gasteiger partial charge on any atom is -0.462 e. The quantitative estimate of drug-likeness (QED) is 0.793. The molecule has 0 spiro atoms. The molecule has 110 valence electrons. The molecule has 5 nitrogen and oxygen atoms in total. The van der Waals surface area contributed by atoms with E-state index in [0.29, 0.717) is 0 Å². The summed E-state index contributed by atoms with van der Waals surface area (Å²) in [6.07, 6.45) is 1.68. The van der Waals surface area contributed by atoms with Crippen LogP contribution >= 0.6 is 0 Å². The van der Waals surface area contributed by atoms with E-state index in [0.717, 1.165) is 11.8 Å². The van der Waals surface area contributed by atoms with Crippen molar-refractivity contribution in [2.45, 2.75) is 19.8 Å². The highest BCUT2D eigenvalue weighted by Gasteiger charge is 2.22. The molecule has 0 bridgehead atoms. The number of esters is 1. The summed E-state index contributed by atoms with van der Waals surface area (Å²) in [5.74, 6) is -0.632. The van der Waals surface area contributed by atoms with Crippen LogP contribution in [0, 0.1) is 0 Å². The summed E-state index contributed by atoms with van der Waals surface area (Å²) in [5.41, 5.74) is -0.0630. The van der Waals surface area contributed by atoms with Crippen molar-refractivity contribution < 1.29 is 18.3 Å². The summed E-state index contributed by atoms with van der Waals surface area (Å²) >= 11 is 0. The van der Waals surface area contributed by atoms with E-state index < -0.39 is 18.1 Å². The first-order valence-electron chi connectivity index (χ1n) is 6.31. The number of alkyl halides is 2. The first-order chi connectivity index (χ1) is 10.1. The number of halogens is 2. The van der Waals surface area contributed by atoms with Gasteiger partial charge in [0.05, 0.1) is 6.61 Å². The largest absolute Gasteiger partial charge is 0.462 e. The molecule has 0 aromatic carbocycles. The maximum absolute atomic E-state index is 13.0. The van der Waals surface area contributed by atoms with Crippen molar-refractivity contribution in [2.75, 3.05) is 6.61 Å². The average Bonchev–Trinajstić information content (AvgIpc) is 2.48. The number of aromatic nitrogens is 3. The fraction of sp³-hybridized carbons (Fsp3) is 0.286. The van der Waals surface area contributed by atoms with Crippen LogP contribution in [0.3, 0.4) is 0 Å². The molecule has 0 amide bonds. The van der Waals surface area contributed by atoms with Gasteiger partial charge < -0.3 is 4.74 Å². The van der Waals surface area contributed by atoms with Gasteiger partial charge in [-0.3, -0.25) is 4.98 Å². The Morgan fingerprint density at radius 3 is 2.67 bits per heavy atom. The number of rotatable bonds is 5. The molecular formula is C14H13F2N3O2. The van der Waals surface area contributed by atoms with Gasteiger partial charge in [-0.05, 0) is 24.6 Å².